The molecule has 2 N–H and O–H groups in total. The van der Waals surface area contributed by atoms with Crippen LogP contribution in [0, 0.1) is 10.7 Å². The smallest absolute Gasteiger partial charge is 0.209 e. The van der Waals surface area contributed by atoms with Crippen LogP contribution >= 0.6 is 12.2 Å². The number of aromatic hydroxyl groups is 1. The number of benzene rings is 1. The fraction of sp³-hybridized carbons (Fsp3) is 0.450. The molecule has 1 saturated heterocycles. The van der Waals surface area contributed by atoms with Crippen molar-refractivity contribution in [3.8, 4) is 5.88 Å². The highest BCUT2D eigenvalue weighted by Gasteiger charge is 2.39. The van der Waals surface area contributed by atoms with Crippen molar-refractivity contribution in [3.05, 3.63) is 46.5 Å². The molecule has 0 saturated carbocycles. The average Bonchev–Trinajstić information content (AvgIpc) is 3.14. The molecule has 5 nitrogen and oxygen atoms in total. The van der Waals surface area contributed by atoms with Gasteiger partial charge in [0.2, 0.25) is 5.88 Å². The van der Waals surface area contributed by atoms with Crippen molar-refractivity contribution in [2.75, 3.05) is 13.6 Å². The molecule has 0 bridgehead atoms. The minimum Gasteiger partial charge on any atom is -0.493 e. The second kappa shape index (κ2) is 5.72. The number of aromatic nitrogens is 3. The lowest BCUT2D eigenvalue weighted by atomic mass is 9.72. The summed E-state index contributed by atoms with van der Waals surface area (Å²) in [6.07, 6.45) is 6.24. The van der Waals surface area contributed by atoms with Crippen molar-refractivity contribution in [2.24, 2.45) is 13.0 Å². The van der Waals surface area contributed by atoms with Gasteiger partial charge in [-0.05, 0) is 55.2 Å². The van der Waals surface area contributed by atoms with Gasteiger partial charge in [0.1, 0.15) is 0 Å². The third kappa shape index (κ3) is 2.28. The molecule has 1 fully saturated rings. The topological polar surface area (TPSA) is 49.1 Å². The van der Waals surface area contributed by atoms with E-state index < -0.39 is 0 Å². The van der Waals surface area contributed by atoms with Crippen molar-refractivity contribution in [1.29, 1.82) is 0 Å². The summed E-state index contributed by atoms with van der Waals surface area (Å²) in [5, 5.41) is 11.4. The maximum atomic E-state index is 9.94. The fourth-order valence-corrected chi connectivity index (χ4v) is 5.39. The van der Waals surface area contributed by atoms with Gasteiger partial charge in [-0.2, -0.15) is 0 Å². The van der Waals surface area contributed by atoms with Crippen LogP contribution in [0.5, 0.6) is 5.88 Å². The summed E-state index contributed by atoms with van der Waals surface area (Å²) in [4.78, 5) is 5.97. The zero-order chi connectivity index (χ0) is 18.0. The number of piperidine rings is 1. The molecule has 2 aromatic heterocycles. The van der Waals surface area contributed by atoms with E-state index in [2.05, 4.69) is 41.3 Å². The van der Waals surface area contributed by atoms with E-state index in [1.165, 1.54) is 22.0 Å². The second-order valence-corrected chi connectivity index (χ2v) is 8.35. The molecular formula is C20H24N4OS. The van der Waals surface area contributed by atoms with E-state index in [-0.39, 0.29) is 5.88 Å². The Kier molecular flexibility index (Phi) is 3.56. The van der Waals surface area contributed by atoms with Gasteiger partial charge in [0, 0.05) is 49.2 Å². The first-order valence-corrected chi connectivity index (χ1v) is 9.68. The summed E-state index contributed by atoms with van der Waals surface area (Å²) < 4.78 is 4.37. The highest BCUT2D eigenvalue weighted by Crippen LogP contribution is 2.44. The number of imidazole rings is 1. The van der Waals surface area contributed by atoms with Gasteiger partial charge in [-0.25, -0.2) is 0 Å². The van der Waals surface area contributed by atoms with E-state index in [9.17, 15) is 5.11 Å². The van der Waals surface area contributed by atoms with Crippen molar-refractivity contribution < 1.29 is 5.11 Å². The molecule has 5 rings (SSSR count). The minimum absolute atomic E-state index is 0.233. The molecule has 1 aliphatic heterocycles. The number of hydrogen-bond donors (Lipinski definition) is 2. The molecule has 0 radical (unpaired) electrons. The lowest BCUT2D eigenvalue weighted by Gasteiger charge is -2.45. The molecule has 1 aliphatic carbocycles. The SMILES string of the molecule is CN1CC(Cn2cc(O)n(C)c2=S)C[C@@H]2c3cccc4[nH]cc(c34)C[C@H]21. The quantitative estimate of drug-likeness (QED) is 0.682. The monoisotopic (exact) mass is 368 g/mol. The van der Waals surface area contributed by atoms with Crippen molar-refractivity contribution >= 4 is 23.1 Å². The van der Waals surface area contributed by atoms with E-state index in [0.717, 1.165) is 25.9 Å². The Morgan fingerprint density at radius 1 is 1.31 bits per heavy atom. The van der Waals surface area contributed by atoms with Crippen LogP contribution in [0.3, 0.4) is 0 Å². The molecule has 26 heavy (non-hydrogen) atoms. The Morgan fingerprint density at radius 3 is 2.92 bits per heavy atom. The summed E-state index contributed by atoms with van der Waals surface area (Å²) in [6, 6.07) is 7.23. The van der Waals surface area contributed by atoms with Crippen LogP contribution in [-0.2, 0) is 20.0 Å². The number of H-pyrrole nitrogens is 1. The average molecular weight is 369 g/mol. The van der Waals surface area contributed by atoms with Crippen molar-refractivity contribution in [1.82, 2.24) is 19.0 Å². The number of likely N-dealkylation sites (N-methyl/N-ethyl adjacent to an activating group) is 1. The maximum absolute atomic E-state index is 9.94. The van der Waals surface area contributed by atoms with Crippen molar-refractivity contribution in [2.45, 2.75) is 31.3 Å². The normalized spacial score (nSPS) is 25.5. The lowest BCUT2D eigenvalue weighted by molar-refractivity contribution is 0.103. The van der Waals surface area contributed by atoms with Gasteiger partial charge in [-0.15, -0.1) is 0 Å². The van der Waals surface area contributed by atoms with Crippen LogP contribution < -0.4 is 0 Å². The summed E-state index contributed by atoms with van der Waals surface area (Å²) in [6.45, 7) is 1.92. The van der Waals surface area contributed by atoms with Crippen LogP contribution in [0.2, 0.25) is 0 Å². The predicted octanol–water partition coefficient (Wildman–Crippen LogP) is 3.40. The van der Waals surface area contributed by atoms with Crippen LogP contribution in [0.25, 0.3) is 10.9 Å². The Morgan fingerprint density at radius 2 is 2.15 bits per heavy atom. The van der Waals surface area contributed by atoms with E-state index in [4.69, 9.17) is 12.2 Å². The van der Waals surface area contributed by atoms with E-state index in [0.29, 0.717) is 22.6 Å². The predicted molar refractivity (Wildman–Crippen MR) is 105 cm³/mol. The maximum Gasteiger partial charge on any atom is 0.209 e. The number of likely N-dealkylation sites (tertiary alicyclic amines) is 1. The third-order valence-electron chi connectivity index (χ3n) is 6.41. The minimum atomic E-state index is 0.233. The summed E-state index contributed by atoms with van der Waals surface area (Å²) in [5.74, 6) is 1.30. The van der Waals surface area contributed by atoms with Crippen LogP contribution in [0.1, 0.15) is 23.5 Å². The first-order chi connectivity index (χ1) is 12.5. The largest absolute Gasteiger partial charge is 0.493 e. The lowest BCUT2D eigenvalue weighted by Crippen LogP contribution is -2.48. The number of fused-ring (bicyclic) bond motifs is 2. The summed E-state index contributed by atoms with van der Waals surface area (Å²) in [7, 11) is 4.07. The van der Waals surface area contributed by atoms with Gasteiger partial charge in [0.25, 0.3) is 0 Å². The number of nitrogens with one attached hydrogen (secondary N) is 1. The molecular weight excluding hydrogens is 344 g/mol. The molecule has 1 unspecified atom stereocenters. The number of rotatable bonds is 2. The van der Waals surface area contributed by atoms with Gasteiger partial charge in [-0.1, -0.05) is 12.1 Å². The first kappa shape index (κ1) is 16.1. The van der Waals surface area contributed by atoms with E-state index in [1.807, 2.05) is 11.6 Å². The molecule has 2 aliphatic rings. The van der Waals surface area contributed by atoms with E-state index in [1.54, 1.807) is 10.8 Å². The van der Waals surface area contributed by atoms with Crippen LogP contribution in [-0.4, -0.2) is 43.8 Å². The molecule has 3 aromatic rings. The molecule has 1 aromatic carbocycles. The highest BCUT2D eigenvalue weighted by atomic mass is 32.1. The van der Waals surface area contributed by atoms with Gasteiger partial charge in [-0.3, -0.25) is 4.57 Å². The molecule has 6 heteroatoms. The standard InChI is InChI=1S/C20H24N4OS/c1-22-9-12(10-24-11-18(25)23(2)20(24)26)6-15-14-4-3-5-16-19(14)13(8-21-16)7-17(15)22/h3-5,8,11-12,15,17,21,25H,6-7,9-10H2,1-2H3/t12?,15-,17-/m1/s1. The summed E-state index contributed by atoms with van der Waals surface area (Å²) >= 11 is 5.47. The van der Waals surface area contributed by atoms with Gasteiger partial charge >= 0.3 is 0 Å². The number of aromatic amines is 1. The zero-order valence-corrected chi connectivity index (χ0v) is 16.0. The Labute approximate surface area is 157 Å². The third-order valence-corrected chi connectivity index (χ3v) is 6.92. The highest BCUT2D eigenvalue weighted by molar-refractivity contribution is 7.71. The molecule has 3 heterocycles. The molecule has 0 amide bonds. The van der Waals surface area contributed by atoms with Gasteiger partial charge in [0.15, 0.2) is 4.77 Å². The fourth-order valence-electron chi connectivity index (χ4n) is 5.17. The second-order valence-electron chi connectivity index (χ2n) is 7.98. The Bertz CT molecular complexity index is 1050. The summed E-state index contributed by atoms with van der Waals surface area (Å²) in [5.41, 5.74) is 4.21. The Balaban J connectivity index is 1.49. The number of hydrogen-bond acceptors (Lipinski definition) is 3. The van der Waals surface area contributed by atoms with Crippen LogP contribution in [0.15, 0.2) is 30.6 Å². The van der Waals surface area contributed by atoms with E-state index >= 15 is 0 Å². The zero-order valence-electron chi connectivity index (χ0n) is 15.1. The molecule has 0 spiro atoms. The molecule has 3 atom stereocenters. The number of nitrogens with zero attached hydrogens (tertiary/aromatic N) is 3. The molecule has 136 valence electrons. The van der Waals surface area contributed by atoms with Crippen LogP contribution in [0.4, 0.5) is 0 Å². The first-order valence-electron chi connectivity index (χ1n) is 9.27. The Hall–Kier alpha value is -2.05. The van der Waals surface area contributed by atoms with Gasteiger partial charge in [0.05, 0.1) is 6.20 Å². The van der Waals surface area contributed by atoms with Crippen molar-refractivity contribution in [3.63, 3.8) is 0 Å². The van der Waals surface area contributed by atoms with Gasteiger partial charge < -0.3 is 19.6 Å².